The summed E-state index contributed by atoms with van der Waals surface area (Å²) in [4.78, 5) is 0. The summed E-state index contributed by atoms with van der Waals surface area (Å²) in [6, 6.07) is 0.655. The van der Waals surface area contributed by atoms with Crippen molar-refractivity contribution in [2.75, 3.05) is 19.8 Å². The second kappa shape index (κ2) is 6.61. The minimum absolute atomic E-state index is 0.467. The molecule has 1 fully saturated rings. The van der Waals surface area contributed by atoms with Gasteiger partial charge in [0, 0.05) is 19.3 Å². The lowest BCUT2D eigenvalue weighted by Crippen LogP contribution is -2.34. The van der Waals surface area contributed by atoms with Gasteiger partial charge in [-0.25, -0.2) is 0 Å². The molecule has 2 heteroatoms. The SMILES string of the molecule is CC(CCC(C)(C)C)NCC1CCOCC1. The van der Waals surface area contributed by atoms with Crippen LogP contribution in [0.2, 0.25) is 0 Å². The second-order valence-corrected chi connectivity index (χ2v) is 6.46. The third-order valence-electron chi connectivity index (χ3n) is 3.42. The highest BCUT2D eigenvalue weighted by Crippen LogP contribution is 2.21. The topological polar surface area (TPSA) is 21.3 Å². The number of hydrogen-bond donors (Lipinski definition) is 1. The number of nitrogens with one attached hydrogen (secondary N) is 1. The Hall–Kier alpha value is -0.0800. The van der Waals surface area contributed by atoms with E-state index in [1.54, 1.807) is 0 Å². The van der Waals surface area contributed by atoms with Gasteiger partial charge in [-0.05, 0) is 50.5 Å². The molecule has 1 aliphatic rings. The molecule has 0 aromatic carbocycles. The quantitative estimate of drug-likeness (QED) is 0.778. The van der Waals surface area contributed by atoms with Gasteiger partial charge in [-0.1, -0.05) is 20.8 Å². The maximum atomic E-state index is 5.37. The third kappa shape index (κ3) is 6.49. The molecular weight excluding hydrogens is 198 g/mol. The van der Waals surface area contributed by atoms with Crippen LogP contribution in [0.25, 0.3) is 0 Å². The van der Waals surface area contributed by atoms with Crippen LogP contribution in [0.5, 0.6) is 0 Å². The first-order valence-corrected chi connectivity index (χ1v) is 6.78. The molecular formula is C14H29NO. The van der Waals surface area contributed by atoms with Gasteiger partial charge in [-0.3, -0.25) is 0 Å². The molecule has 16 heavy (non-hydrogen) atoms. The molecule has 1 saturated heterocycles. The van der Waals surface area contributed by atoms with Crippen LogP contribution in [-0.4, -0.2) is 25.8 Å². The van der Waals surface area contributed by atoms with E-state index in [1.165, 1.54) is 32.2 Å². The standard InChI is InChI=1S/C14H29NO/c1-12(5-8-14(2,3)4)15-11-13-6-9-16-10-7-13/h12-13,15H,5-11H2,1-4H3. The molecule has 1 heterocycles. The zero-order chi connectivity index (χ0) is 12.0. The largest absolute Gasteiger partial charge is 0.381 e. The Kier molecular flexibility index (Phi) is 5.77. The van der Waals surface area contributed by atoms with Crippen LogP contribution in [0.1, 0.15) is 53.4 Å². The van der Waals surface area contributed by atoms with Gasteiger partial charge in [0.2, 0.25) is 0 Å². The first-order valence-electron chi connectivity index (χ1n) is 6.78. The smallest absolute Gasteiger partial charge is 0.0469 e. The van der Waals surface area contributed by atoms with Gasteiger partial charge >= 0.3 is 0 Å². The Morgan fingerprint density at radius 1 is 1.25 bits per heavy atom. The molecule has 1 atom stereocenters. The Balaban J connectivity index is 2.07. The van der Waals surface area contributed by atoms with Gasteiger partial charge in [-0.2, -0.15) is 0 Å². The van der Waals surface area contributed by atoms with Crippen molar-refractivity contribution < 1.29 is 4.74 Å². The fraction of sp³-hybridized carbons (Fsp3) is 1.00. The summed E-state index contributed by atoms with van der Waals surface area (Å²) in [6.07, 6.45) is 5.06. The third-order valence-corrected chi connectivity index (χ3v) is 3.42. The van der Waals surface area contributed by atoms with Crippen molar-refractivity contribution in [1.29, 1.82) is 0 Å². The Morgan fingerprint density at radius 3 is 2.44 bits per heavy atom. The molecule has 0 spiro atoms. The highest BCUT2D eigenvalue weighted by Gasteiger charge is 2.16. The van der Waals surface area contributed by atoms with E-state index >= 15 is 0 Å². The molecule has 0 saturated carbocycles. The Bertz CT molecular complexity index is 180. The highest BCUT2D eigenvalue weighted by atomic mass is 16.5. The zero-order valence-electron chi connectivity index (χ0n) is 11.5. The number of rotatable bonds is 5. The average molecular weight is 227 g/mol. The maximum Gasteiger partial charge on any atom is 0.0469 e. The molecule has 96 valence electrons. The van der Waals surface area contributed by atoms with E-state index in [9.17, 15) is 0 Å². The lowest BCUT2D eigenvalue weighted by atomic mass is 9.89. The van der Waals surface area contributed by atoms with E-state index in [2.05, 4.69) is 33.0 Å². The van der Waals surface area contributed by atoms with Crippen molar-refractivity contribution in [2.24, 2.45) is 11.3 Å². The van der Waals surface area contributed by atoms with Gasteiger partial charge in [0.1, 0.15) is 0 Å². The molecule has 1 rings (SSSR count). The molecule has 0 aromatic rings. The lowest BCUT2D eigenvalue weighted by Gasteiger charge is -2.26. The van der Waals surface area contributed by atoms with Crippen LogP contribution in [-0.2, 0) is 4.74 Å². The molecule has 2 nitrogen and oxygen atoms in total. The first-order chi connectivity index (χ1) is 7.47. The van der Waals surface area contributed by atoms with Crippen LogP contribution in [0.3, 0.4) is 0 Å². The summed E-state index contributed by atoms with van der Waals surface area (Å²) in [7, 11) is 0. The number of hydrogen-bond acceptors (Lipinski definition) is 2. The molecule has 1 aliphatic heterocycles. The van der Waals surface area contributed by atoms with E-state index in [0.29, 0.717) is 11.5 Å². The van der Waals surface area contributed by atoms with Gasteiger partial charge in [0.05, 0.1) is 0 Å². The van der Waals surface area contributed by atoms with Crippen LogP contribution in [0.15, 0.2) is 0 Å². The minimum Gasteiger partial charge on any atom is -0.381 e. The lowest BCUT2D eigenvalue weighted by molar-refractivity contribution is 0.0654. The summed E-state index contributed by atoms with van der Waals surface area (Å²) in [5, 5.41) is 3.67. The van der Waals surface area contributed by atoms with Gasteiger partial charge in [0.15, 0.2) is 0 Å². The van der Waals surface area contributed by atoms with Crippen molar-refractivity contribution in [3.63, 3.8) is 0 Å². The first kappa shape index (κ1) is 14.0. The maximum absolute atomic E-state index is 5.37. The molecule has 1 unspecified atom stereocenters. The minimum atomic E-state index is 0.467. The summed E-state index contributed by atoms with van der Waals surface area (Å²) < 4.78 is 5.37. The van der Waals surface area contributed by atoms with Crippen molar-refractivity contribution in [1.82, 2.24) is 5.32 Å². The van der Waals surface area contributed by atoms with E-state index in [-0.39, 0.29) is 0 Å². The molecule has 0 bridgehead atoms. The molecule has 1 N–H and O–H groups in total. The highest BCUT2D eigenvalue weighted by molar-refractivity contribution is 4.71. The van der Waals surface area contributed by atoms with Crippen molar-refractivity contribution in [3.05, 3.63) is 0 Å². The monoisotopic (exact) mass is 227 g/mol. The zero-order valence-corrected chi connectivity index (χ0v) is 11.5. The summed E-state index contributed by atoms with van der Waals surface area (Å²) in [5.74, 6) is 0.839. The van der Waals surface area contributed by atoms with Gasteiger partial charge < -0.3 is 10.1 Å². The number of ether oxygens (including phenoxy) is 1. The predicted molar refractivity (Wildman–Crippen MR) is 69.7 cm³/mol. The molecule has 0 aromatic heterocycles. The summed E-state index contributed by atoms with van der Waals surface area (Å²) >= 11 is 0. The van der Waals surface area contributed by atoms with Crippen LogP contribution >= 0.6 is 0 Å². The van der Waals surface area contributed by atoms with Gasteiger partial charge in [-0.15, -0.1) is 0 Å². The summed E-state index contributed by atoms with van der Waals surface area (Å²) in [5.41, 5.74) is 0.467. The van der Waals surface area contributed by atoms with E-state index in [4.69, 9.17) is 4.74 Å². The van der Waals surface area contributed by atoms with Crippen molar-refractivity contribution in [2.45, 2.75) is 59.4 Å². The van der Waals surface area contributed by atoms with E-state index in [1.807, 2.05) is 0 Å². The van der Waals surface area contributed by atoms with E-state index in [0.717, 1.165) is 19.1 Å². The van der Waals surface area contributed by atoms with Crippen LogP contribution < -0.4 is 5.32 Å². The van der Waals surface area contributed by atoms with Crippen molar-refractivity contribution >= 4 is 0 Å². The Morgan fingerprint density at radius 2 is 1.88 bits per heavy atom. The predicted octanol–water partition coefficient (Wildman–Crippen LogP) is 3.22. The fourth-order valence-corrected chi connectivity index (χ4v) is 2.07. The average Bonchev–Trinajstić information content (AvgIpc) is 2.24. The molecule has 0 aliphatic carbocycles. The Labute approximate surface area is 101 Å². The van der Waals surface area contributed by atoms with Gasteiger partial charge in [0.25, 0.3) is 0 Å². The summed E-state index contributed by atoms with van der Waals surface area (Å²) in [6.45, 7) is 12.4. The van der Waals surface area contributed by atoms with E-state index < -0.39 is 0 Å². The fourth-order valence-electron chi connectivity index (χ4n) is 2.07. The van der Waals surface area contributed by atoms with Crippen LogP contribution in [0, 0.1) is 11.3 Å². The van der Waals surface area contributed by atoms with Crippen molar-refractivity contribution in [3.8, 4) is 0 Å². The second-order valence-electron chi connectivity index (χ2n) is 6.46. The molecule has 0 radical (unpaired) electrons. The molecule has 0 amide bonds. The van der Waals surface area contributed by atoms with Crippen LogP contribution in [0.4, 0.5) is 0 Å². The normalized spacial score (nSPS) is 21.0.